The molecule has 1 fully saturated rings. The zero-order valence-corrected chi connectivity index (χ0v) is 18.0. The van der Waals surface area contributed by atoms with Crippen molar-refractivity contribution in [3.8, 4) is 0 Å². The maximum atomic E-state index is 13.6. The number of ether oxygens (including phenoxy) is 1. The molecule has 2 aliphatic rings. The van der Waals surface area contributed by atoms with Crippen molar-refractivity contribution in [1.29, 1.82) is 0 Å². The Kier molecular flexibility index (Phi) is 6.02. The number of carbonyl (C=O) groups is 1. The van der Waals surface area contributed by atoms with Gasteiger partial charge < -0.3 is 9.64 Å². The lowest BCUT2D eigenvalue weighted by atomic mass is 9.84. The smallest absolute Gasteiger partial charge is 0.237 e. The van der Waals surface area contributed by atoms with Crippen molar-refractivity contribution in [2.24, 2.45) is 0 Å². The number of halogens is 1. The van der Waals surface area contributed by atoms with Crippen LogP contribution in [-0.4, -0.2) is 48.5 Å². The van der Waals surface area contributed by atoms with E-state index in [0.29, 0.717) is 39.3 Å². The Hall–Kier alpha value is -3.02. The van der Waals surface area contributed by atoms with Crippen LogP contribution in [0.3, 0.4) is 0 Å². The summed E-state index contributed by atoms with van der Waals surface area (Å²) in [6, 6.07) is 25.4. The Bertz CT molecular complexity index is 1090. The predicted octanol–water partition coefficient (Wildman–Crippen LogP) is 4.37. The quantitative estimate of drug-likeness (QED) is 0.616. The molecule has 2 unspecified atom stereocenters. The van der Waals surface area contributed by atoms with Gasteiger partial charge in [0.15, 0.2) is 0 Å². The lowest BCUT2D eigenvalue weighted by Crippen LogP contribution is -2.47. The predicted molar refractivity (Wildman–Crippen MR) is 122 cm³/mol. The van der Waals surface area contributed by atoms with Gasteiger partial charge in [-0.1, -0.05) is 66.7 Å². The fraction of sp³-hybridized carbons (Fsp3) is 0.296. The molecule has 1 saturated heterocycles. The summed E-state index contributed by atoms with van der Waals surface area (Å²) in [6.07, 6.45) is -0.216. The summed E-state index contributed by atoms with van der Waals surface area (Å²) in [5.74, 6) is 0.0355. The van der Waals surface area contributed by atoms with E-state index in [9.17, 15) is 9.18 Å². The Balaban J connectivity index is 1.30. The highest BCUT2D eigenvalue weighted by Crippen LogP contribution is 2.33. The minimum Gasteiger partial charge on any atom is -0.371 e. The van der Waals surface area contributed by atoms with Gasteiger partial charge in [-0.2, -0.15) is 0 Å². The number of rotatable bonds is 4. The zero-order chi connectivity index (χ0) is 21.9. The fourth-order valence-electron chi connectivity index (χ4n) is 4.81. The number of benzene rings is 3. The van der Waals surface area contributed by atoms with Gasteiger partial charge in [-0.3, -0.25) is 9.69 Å². The summed E-state index contributed by atoms with van der Waals surface area (Å²) in [6.45, 7) is 3.47. The number of nitrogens with zero attached hydrogens (tertiary/aromatic N) is 2. The first-order valence-electron chi connectivity index (χ1n) is 11.2. The van der Waals surface area contributed by atoms with Crippen molar-refractivity contribution >= 4 is 5.91 Å². The summed E-state index contributed by atoms with van der Waals surface area (Å²) in [5.41, 5.74) is 4.56. The van der Waals surface area contributed by atoms with E-state index in [4.69, 9.17) is 4.74 Å². The second-order valence-corrected chi connectivity index (χ2v) is 8.59. The summed E-state index contributed by atoms with van der Waals surface area (Å²) in [7, 11) is 0. The number of carbonyl (C=O) groups excluding carboxylic acids is 1. The van der Waals surface area contributed by atoms with E-state index in [2.05, 4.69) is 47.4 Å². The van der Waals surface area contributed by atoms with E-state index in [1.165, 1.54) is 28.8 Å². The molecular weight excluding hydrogens is 403 g/mol. The average Bonchev–Trinajstić information content (AvgIpc) is 2.84. The molecule has 3 aromatic rings. The molecule has 4 nitrogen and oxygen atoms in total. The molecule has 0 spiro atoms. The molecular formula is C27H27FN2O2. The lowest BCUT2D eigenvalue weighted by molar-refractivity contribution is -0.135. The molecule has 2 atom stereocenters. The molecule has 3 aromatic carbocycles. The number of morpholine rings is 1. The second-order valence-electron chi connectivity index (χ2n) is 8.59. The van der Waals surface area contributed by atoms with E-state index in [-0.39, 0.29) is 23.7 Å². The van der Waals surface area contributed by atoms with Gasteiger partial charge in [-0.05, 0) is 34.4 Å². The van der Waals surface area contributed by atoms with Crippen LogP contribution in [0.15, 0.2) is 78.9 Å². The van der Waals surface area contributed by atoms with E-state index in [1.54, 1.807) is 6.07 Å². The van der Waals surface area contributed by atoms with Crippen LogP contribution < -0.4 is 0 Å². The van der Waals surface area contributed by atoms with Crippen LogP contribution in [-0.2, 0) is 16.1 Å². The normalized spacial score (nSPS) is 21.2. The third kappa shape index (κ3) is 4.45. The van der Waals surface area contributed by atoms with Crippen LogP contribution >= 0.6 is 0 Å². The molecule has 0 aliphatic carbocycles. The highest BCUT2D eigenvalue weighted by atomic mass is 19.1. The third-order valence-electron chi connectivity index (χ3n) is 6.48. The minimum absolute atomic E-state index is 0.125. The van der Waals surface area contributed by atoms with Gasteiger partial charge in [0.25, 0.3) is 0 Å². The zero-order valence-electron chi connectivity index (χ0n) is 18.0. The standard InChI is InChI=1S/C27H27FN2O2/c28-23-11-6-10-21(15-23)26-18-29(13-14-32-26)19-27(31)30-16-22-9-4-5-12-24(22)25(17-30)20-7-2-1-3-8-20/h1-12,15,25-26H,13-14,16-19H2. The molecule has 0 N–H and O–H groups in total. The Morgan fingerprint density at radius 2 is 1.72 bits per heavy atom. The molecule has 164 valence electrons. The molecule has 32 heavy (non-hydrogen) atoms. The monoisotopic (exact) mass is 430 g/mol. The van der Waals surface area contributed by atoms with Crippen molar-refractivity contribution in [1.82, 2.24) is 9.80 Å². The number of hydrogen-bond donors (Lipinski definition) is 0. The van der Waals surface area contributed by atoms with E-state index in [0.717, 1.165) is 5.56 Å². The van der Waals surface area contributed by atoms with Crippen molar-refractivity contribution in [2.75, 3.05) is 32.8 Å². The number of fused-ring (bicyclic) bond motifs is 1. The summed E-state index contributed by atoms with van der Waals surface area (Å²) in [4.78, 5) is 17.4. The summed E-state index contributed by atoms with van der Waals surface area (Å²) < 4.78 is 19.5. The SMILES string of the molecule is O=C(CN1CCOC(c2cccc(F)c2)C1)N1Cc2ccccc2C(c2ccccc2)C1. The van der Waals surface area contributed by atoms with Crippen molar-refractivity contribution in [2.45, 2.75) is 18.6 Å². The van der Waals surface area contributed by atoms with Crippen LogP contribution in [0.4, 0.5) is 4.39 Å². The van der Waals surface area contributed by atoms with Crippen LogP contribution in [0, 0.1) is 5.82 Å². The summed E-state index contributed by atoms with van der Waals surface area (Å²) >= 11 is 0. The molecule has 5 rings (SSSR count). The van der Waals surface area contributed by atoms with Crippen molar-refractivity contribution in [3.63, 3.8) is 0 Å². The first-order valence-corrected chi connectivity index (χ1v) is 11.2. The van der Waals surface area contributed by atoms with Crippen molar-refractivity contribution in [3.05, 3.63) is 107 Å². The van der Waals surface area contributed by atoms with Crippen LogP contribution in [0.2, 0.25) is 0 Å². The highest BCUT2D eigenvalue weighted by Gasteiger charge is 2.31. The first kappa shape index (κ1) is 20.9. The Morgan fingerprint density at radius 3 is 2.56 bits per heavy atom. The molecule has 5 heteroatoms. The van der Waals surface area contributed by atoms with Gasteiger partial charge >= 0.3 is 0 Å². The van der Waals surface area contributed by atoms with Gasteiger partial charge in [0.1, 0.15) is 5.82 Å². The molecule has 0 saturated carbocycles. The molecule has 0 radical (unpaired) electrons. The largest absolute Gasteiger partial charge is 0.371 e. The Morgan fingerprint density at radius 1 is 0.938 bits per heavy atom. The molecule has 0 bridgehead atoms. The number of amides is 1. The van der Waals surface area contributed by atoms with Crippen LogP contribution in [0.5, 0.6) is 0 Å². The molecule has 1 amide bonds. The maximum Gasteiger partial charge on any atom is 0.237 e. The van der Waals surface area contributed by atoms with Gasteiger partial charge in [-0.25, -0.2) is 4.39 Å². The summed E-state index contributed by atoms with van der Waals surface area (Å²) in [5, 5.41) is 0. The second kappa shape index (κ2) is 9.23. The third-order valence-corrected chi connectivity index (χ3v) is 6.48. The Labute approximate surface area is 188 Å². The van der Waals surface area contributed by atoms with E-state index >= 15 is 0 Å². The van der Waals surface area contributed by atoms with Gasteiger partial charge in [-0.15, -0.1) is 0 Å². The molecule has 2 aliphatic heterocycles. The van der Waals surface area contributed by atoms with Gasteiger partial charge in [0, 0.05) is 32.1 Å². The fourth-order valence-corrected chi connectivity index (χ4v) is 4.81. The number of hydrogen-bond acceptors (Lipinski definition) is 3. The van der Waals surface area contributed by atoms with Crippen LogP contribution in [0.25, 0.3) is 0 Å². The molecule has 0 aromatic heterocycles. The molecule has 2 heterocycles. The first-order chi connectivity index (χ1) is 15.7. The van der Waals surface area contributed by atoms with Gasteiger partial charge in [0.05, 0.1) is 19.3 Å². The minimum atomic E-state index is -0.266. The van der Waals surface area contributed by atoms with E-state index < -0.39 is 0 Å². The van der Waals surface area contributed by atoms with Gasteiger partial charge in [0.2, 0.25) is 5.91 Å². The van der Waals surface area contributed by atoms with Crippen molar-refractivity contribution < 1.29 is 13.9 Å². The highest BCUT2D eigenvalue weighted by molar-refractivity contribution is 5.79. The topological polar surface area (TPSA) is 32.8 Å². The average molecular weight is 431 g/mol. The maximum absolute atomic E-state index is 13.6. The lowest BCUT2D eigenvalue weighted by Gasteiger charge is -2.38. The van der Waals surface area contributed by atoms with E-state index in [1.807, 2.05) is 23.1 Å². The van der Waals surface area contributed by atoms with Crippen LogP contribution in [0.1, 0.15) is 34.3 Å².